The fourth-order valence-electron chi connectivity index (χ4n) is 2.73. The van der Waals surface area contributed by atoms with Gasteiger partial charge in [0.1, 0.15) is 0 Å². The topological polar surface area (TPSA) is 49.8 Å². The summed E-state index contributed by atoms with van der Waals surface area (Å²) in [6.45, 7) is 4.66. The molecular formula is C12H21NO3. The first-order chi connectivity index (χ1) is 7.70. The molecule has 92 valence electrons. The number of hydrogen-bond donors (Lipinski definition) is 1. The van der Waals surface area contributed by atoms with Crippen LogP contribution in [0.25, 0.3) is 0 Å². The molecule has 1 heterocycles. The molecule has 2 aliphatic rings. The molecule has 1 aliphatic carbocycles. The summed E-state index contributed by atoms with van der Waals surface area (Å²) < 4.78 is 5.49. The summed E-state index contributed by atoms with van der Waals surface area (Å²) in [6.07, 6.45) is 3.89. The van der Waals surface area contributed by atoms with E-state index in [2.05, 4.69) is 11.8 Å². The van der Waals surface area contributed by atoms with Gasteiger partial charge in [0, 0.05) is 19.1 Å². The lowest BCUT2D eigenvalue weighted by Crippen LogP contribution is -2.48. The smallest absolute Gasteiger partial charge is 0.306 e. The first kappa shape index (κ1) is 11.9. The highest BCUT2D eigenvalue weighted by Gasteiger charge is 2.36. The Labute approximate surface area is 96.6 Å². The van der Waals surface area contributed by atoms with Crippen molar-refractivity contribution in [3.8, 4) is 0 Å². The molecule has 2 rings (SSSR count). The largest absolute Gasteiger partial charge is 0.481 e. The van der Waals surface area contributed by atoms with Crippen molar-refractivity contribution >= 4 is 5.97 Å². The van der Waals surface area contributed by atoms with Crippen molar-refractivity contribution in [3.63, 3.8) is 0 Å². The van der Waals surface area contributed by atoms with Gasteiger partial charge in [-0.2, -0.15) is 0 Å². The molecule has 0 bridgehead atoms. The van der Waals surface area contributed by atoms with Crippen LogP contribution >= 0.6 is 0 Å². The molecule has 2 fully saturated rings. The van der Waals surface area contributed by atoms with Crippen molar-refractivity contribution < 1.29 is 14.6 Å². The fourth-order valence-corrected chi connectivity index (χ4v) is 2.73. The first-order valence-corrected chi connectivity index (χ1v) is 6.28. The van der Waals surface area contributed by atoms with E-state index in [1.807, 2.05) is 0 Å². The Balaban J connectivity index is 1.87. The van der Waals surface area contributed by atoms with E-state index in [1.165, 1.54) is 19.3 Å². The van der Waals surface area contributed by atoms with Crippen LogP contribution in [0.4, 0.5) is 0 Å². The minimum atomic E-state index is -0.758. The van der Waals surface area contributed by atoms with E-state index in [9.17, 15) is 4.79 Å². The number of nitrogens with zero attached hydrogens (tertiary/aromatic N) is 1. The molecule has 2 atom stereocenters. The van der Waals surface area contributed by atoms with Crippen LogP contribution in [0.1, 0.15) is 32.6 Å². The number of carboxylic acid groups (broad SMARTS) is 1. The van der Waals surface area contributed by atoms with Crippen LogP contribution < -0.4 is 0 Å². The summed E-state index contributed by atoms with van der Waals surface area (Å²) in [5.74, 6) is 0.0971. The van der Waals surface area contributed by atoms with Gasteiger partial charge in [0.05, 0.1) is 19.1 Å². The Morgan fingerprint density at radius 1 is 1.56 bits per heavy atom. The first-order valence-electron chi connectivity index (χ1n) is 6.28. The van der Waals surface area contributed by atoms with Crippen LogP contribution in [0.5, 0.6) is 0 Å². The van der Waals surface area contributed by atoms with Crippen molar-refractivity contribution in [3.05, 3.63) is 0 Å². The molecule has 2 unspecified atom stereocenters. The van der Waals surface area contributed by atoms with E-state index >= 15 is 0 Å². The zero-order chi connectivity index (χ0) is 11.5. The standard InChI is InChI=1S/C12H21NO3/c1-2-11(9-3-4-9)13-5-6-16-10(8-13)7-12(14)15/h9-11H,2-8H2,1H3,(H,14,15). The average Bonchev–Trinajstić information content (AvgIpc) is 3.03. The van der Waals surface area contributed by atoms with Gasteiger partial charge in [-0.1, -0.05) is 6.92 Å². The number of ether oxygens (including phenoxy) is 1. The number of hydrogen-bond acceptors (Lipinski definition) is 3. The molecule has 16 heavy (non-hydrogen) atoms. The van der Waals surface area contributed by atoms with Crippen LogP contribution in [0.3, 0.4) is 0 Å². The molecule has 1 saturated carbocycles. The van der Waals surface area contributed by atoms with Crippen LogP contribution in [-0.2, 0) is 9.53 Å². The molecule has 1 N–H and O–H groups in total. The van der Waals surface area contributed by atoms with Crippen molar-refractivity contribution in [2.24, 2.45) is 5.92 Å². The lowest BCUT2D eigenvalue weighted by Gasteiger charge is -2.37. The van der Waals surface area contributed by atoms with Gasteiger partial charge in [-0.3, -0.25) is 9.69 Å². The molecule has 4 nitrogen and oxygen atoms in total. The summed E-state index contributed by atoms with van der Waals surface area (Å²) in [7, 11) is 0. The highest BCUT2D eigenvalue weighted by atomic mass is 16.5. The monoisotopic (exact) mass is 227 g/mol. The average molecular weight is 227 g/mol. The summed E-state index contributed by atoms with van der Waals surface area (Å²) in [4.78, 5) is 13.1. The SMILES string of the molecule is CCC(C1CC1)N1CCOC(CC(=O)O)C1. The Kier molecular flexibility index (Phi) is 3.82. The molecule has 0 radical (unpaired) electrons. The van der Waals surface area contributed by atoms with Gasteiger partial charge in [-0.05, 0) is 25.2 Å². The zero-order valence-corrected chi connectivity index (χ0v) is 9.89. The molecular weight excluding hydrogens is 206 g/mol. The Morgan fingerprint density at radius 2 is 2.31 bits per heavy atom. The second kappa shape index (κ2) is 5.15. The Hall–Kier alpha value is -0.610. The third kappa shape index (κ3) is 2.95. The summed E-state index contributed by atoms with van der Waals surface area (Å²) in [5.41, 5.74) is 0. The predicted molar refractivity (Wildman–Crippen MR) is 60.4 cm³/mol. The molecule has 1 saturated heterocycles. The lowest BCUT2D eigenvalue weighted by atomic mass is 10.1. The zero-order valence-electron chi connectivity index (χ0n) is 9.89. The van der Waals surface area contributed by atoms with Gasteiger partial charge in [0.25, 0.3) is 0 Å². The van der Waals surface area contributed by atoms with Crippen molar-refractivity contribution in [2.75, 3.05) is 19.7 Å². The van der Waals surface area contributed by atoms with Crippen LogP contribution in [-0.4, -0.2) is 47.8 Å². The molecule has 0 aromatic carbocycles. The van der Waals surface area contributed by atoms with E-state index in [1.54, 1.807) is 0 Å². The van der Waals surface area contributed by atoms with E-state index in [-0.39, 0.29) is 12.5 Å². The van der Waals surface area contributed by atoms with Crippen molar-refractivity contribution in [1.82, 2.24) is 4.90 Å². The minimum absolute atomic E-state index is 0.112. The van der Waals surface area contributed by atoms with Crippen LogP contribution in [0.2, 0.25) is 0 Å². The van der Waals surface area contributed by atoms with Gasteiger partial charge in [0.2, 0.25) is 0 Å². The number of morpholine rings is 1. The maximum absolute atomic E-state index is 10.7. The molecule has 4 heteroatoms. The number of carboxylic acids is 1. The highest BCUT2D eigenvalue weighted by molar-refractivity contribution is 5.67. The van der Waals surface area contributed by atoms with Gasteiger partial charge >= 0.3 is 5.97 Å². The Morgan fingerprint density at radius 3 is 2.88 bits per heavy atom. The molecule has 0 amide bonds. The predicted octanol–water partition coefficient (Wildman–Crippen LogP) is 1.35. The van der Waals surface area contributed by atoms with Crippen molar-refractivity contribution in [2.45, 2.75) is 44.8 Å². The normalized spacial score (nSPS) is 28.9. The van der Waals surface area contributed by atoms with Gasteiger partial charge in [-0.15, -0.1) is 0 Å². The summed E-state index contributed by atoms with van der Waals surface area (Å²) in [5, 5.41) is 8.77. The van der Waals surface area contributed by atoms with Crippen LogP contribution in [0.15, 0.2) is 0 Å². The second-order valence-electron chi connectivity index (χ2n) is 4.90. The van der Waals surface area contributed by atoms with Crippen molar-refractivity contribution in [1.29, 1.82) is 0 Å². The third-order valence-corrected chi connectivity index (χ3v) is 3.63. The van der Waals surface area contributed by atoms with E-state index in [0.717, 1.165) is 19.0 Å². The van der Waals surface area contributed by atoms with Gasteiger partial charge < -0.3 is 9.84 Å². The van der Waals surface area contributed by atoms with Gasteiger partial charge in [0.15, 0.2) is 0 Å². The molecule has 0 spiro atoms. The molecule has 0 aromatic rings. The maximum Gasteiger partial charge on any atom is 0.306 e. The van der Waals surface area contributed by atoms with E-state index < -0.39 is 5.97 Å². The maximum atomic E-state index is 10.7. The Bertz CT molecular complexity index is 253. The van der Waals surface area contributed by atoms with E-state index in [4.69, 9.17) is 9.84 Å². The lowest BCUT2D eigenvalue weighted by molar-refractivity contribution is -0.142. The third-order valence-electron chi connectivity index (χ3n) is 3.63. The number of carbonyl (C=O) groups is 1. The molecule has 0 aromatic heterocycles. The van der Waals surface area contributed by atoms with Crippen LogP contribution in [0, 0.1) is 5.92 Å². The summed E-state index contributed by atoms with van der Waals surface area (Å²) >= 11 is 0. The van der Waals surface area contributed by atoms with E-state index in [0.29, 0.717) is 12.6 Å². The molecule has 1 aliphatic heterocycles. The fraction of sp³-hybridized carbons (Fsp3) is 0.917. The minimum Gasteiger partial charge on any atom is -0.481 e. The summed E-state index contributed by atoms with van der Waals surface area (Å²) in [6, 6.07) is 0.653. The van der Waals surface area contributed by atoms with Gasteiger partial charge in [-0.25, -0.2) is 0 Å². The highest BCUT2D eigenvalue weighted by Crippen LogP contribution is 2.37. The number of aliphatic carboxylic acids is 1. The second-order valence-corrected chi connectivity index (χ2v) is 4.90. The quantitative estimate of drug-likeness (QED) is 0.770. The number of rotatable bonds is 5.